The second-order valence-corrected chi connectivity index (χ2v) is 13.4. The summed E-state index contributed by atoms with van der Waals surface area (Å²) in [6.07, 6.45) is 8.78. The van der Waals surface area contributed by atoms with Crippen molar-refractivity contribution < 1.29 is 19.1 Å². The summed E-state index contributed by atoms with van der Waals surface area (Å²) in [4.78, 5) is 24.6. The van der Waals surface area contributed by atoms with Gasteiger partial charge in [0.2, 0.25) is 0 Å². The predicted octanol–water partition coefficient (Wildman–Crippen LogP) is 10.5. The van der Waals surface area contributed by atoms with Gasteiger partial charge in [0.25, 0.3) is 11.8 Å². The molecule has 4 aromatic carbocycles. The fraction of sp³-hybridized carbons (Fsp3) is 0.250. The summed E-state index contributed by atoms with van der Waals surface area (Å²) in [6.45, 7) is 4.23. The van der Waals surface area contributed by atoms with Crippen LogP contribution in [0.3, 0.4) is 0 Å². The number of ether oxygens (including phenoxy) is 2. The molecular weight excluding hydrogens is 643 g/mol. The molecule has 246 valence electrons. The third-order valence-electron chi connectivity index (χ3n) is 9.08. The molecule has 0 saturated heterocycles. The minimum Gasteiger partial charge on any atom is -0.496 e. The van der Waals surface area contributed by atoms with Crippen LogP contribution in [0.15, 0.2) is 72.8 Å². The molecule has 8 heteroatoms. The van der Waals surface area contributed by atoms with Crippen molar-refractivity contribution in [3.63, 3.8) is 0 Å². The van der Waals surface area contributed by atoms with E-state index in [0.29, 0.717) is 33.0 Å². The van der Waals surface area contributed by atoms with Gasteiger partial charge in [0.05, 0.1) is 14.2 Å². The Morgan fingerprint density at radius 1 is 0.688 bits per heavy atom. The van der Waals surface area contributed by atoms with Crippen LogP contribution in [0, 0.1) is 0 Å². The molecule has 4 aromatic rings. The van der Waals surface area contributed by atoms with Gasteiger partial charge >= 0.3 is 0 Å². The zero-order valence-corrected chi connectivity index (χ0v) is 29.0. The van der Waals surface area contributed by atoms with E-state index in [1.807, 2.05) is 60.7 Å². The summed E-state index contributed by atoms with van der Waals surface area (Å²) in [5, 5.41) is 7.00. The molecule has 3 aliphatic rings. The number of methoxy groups -OCH3 is 2. The minimum atomic E-state index is -0.107. The molecular formula is C40H38Cl2N2O4. The maximum Gasteiger partial charge on any atom is 0.256 e. The van der Waals surface area contributed by atoms with Crippen LogP contribution in [-0.2, 0) is 9.59 Å². The molecule has 48 heavy (non-hydrogen) atoms. The fourth-order valence-electron chi connectivity index (χ4n) is 6.63. The van der Waals surface area contributed by atoms with Crippen LogP contribution in [0.5, 0.6) is 11.5 Å². The van der Waals surface area contributed by atoms with Crippen LogP contribution in [-0.4, -0.2) is 26.0 Å². The van der Waals surface area contributed by atoms with Gasteiger partial charge in [-0.15, -0.1) is 0 Å². The van der Waals surface area contributed by atoms with E-state index >= 15 is 0 Å². The van der Waals surface area contributed by atoms with Gasteiger partial charge in [-0.05, 0) is 120 Å². The lowest BCUT2D eigenvalue weighted by molar-refractivity contribution is -0.111. The van der Waals surface area contributed by atoms with Gasteiger partial charge in [-0.3, -0.25) is 9.59 Å². The maximum atomic E-state index is 12.4. The number of benzene rings is 4. The topological polar surface area (TPSA) is 76.7 Å². The summed E-state index contributed by atoms with van der Waals surface area (Å²) >= 11 is 12.2. The van der Waals surface area contributed by atoms with Crippen molar-refractivity contribution in [2.24, 2.45) is 0 Å². The largest absolute Gasteiger partial charge is 0.496 e. The first-order chi connectivity index (χ1) is 23.1. The normalized spacial score (nSPS) is 16.8. The summed E-state index contributed by atoms with van der Waals surface area (Å²) in [6, 6.07) is 23.0. The number of rotatable bonds is 6. The SMILES string of the molecule is COc1ccc(C=C2C(=O)Nc3ccc(Cl)cc32)cc1C(C)C.COc1ccc(C=C2C(=O)Nc3ccc(Cl)cc32)cc1C1CCCC1. The Kier molecular flexibility index (Phi) is 9.95. The first-order valence-corrected chi connectivity index (χ1v) is 16.9. The zero-order chi connectivity index (χ0) is 33.9. The van der Waals surface area contributed by atoms with Gasteiger partial charge in [0, 0.05) is 43.7 Å². The molecule has 6 nitrogen and oxygen atoms in total. The fourth-order valence-corrected chi connectivity index (χ4v) is 6.98. The van der Waals surface area contributed by atoms with Crippen molar-refractivity contribution in [3.05, 3.63) is 116 Å². The molecule has 1 fully saturated rings. The van der Waals surface area contributed by atoms with E-state index in [1.165, 1.54) is 31.2 Å². The zero-order valence-electron chi connectivity index (χ0n) is 27.5. The molecule has 0 bridgehead atoms. The van der Waals surface area contributed by atoms with Crippen LogP contribution in [0.25, 0.3) is 23.3 Å². The second kappa shape index (κ2) is 14.3. The summed E-state index contributed by atoms with van der Waals surface area (Å²) in [5.41, 5.74) is 8.93. The first kappa shape index (κ1) is 33.4. The smallest absolute Gasteiger partial charge is 0.256 e. The summed E-state index contributed by atoms with van der Waals surface area (Å²) in [7, 11) is 3.39. The molecule has 2 aliphatic heterocycles. The summed E-state index contributed by atoms with van der Waals surface area (Å²) < 4.78 is 11.0. The van der Waals surface area contributed by atoms with Crippen molar-refractivity contribution >= 4 is 69.7 Å². The standard InChI is InChI=1S/C21H20ClNO2.C19H18ClNO2/c1-25-20-9-6-13(10-16(20)14-4-2-3-5-14)11-18-17-12-15(22)7-8-19(17)23-21(18)24;1-11(2)14-8-12(4-7-18(14)23-3)9-16-15-10-13(20)5-6-17(15)21-19(16)22/h6-12,14H,2-5H2,1H3,(H,23,24);4-11H,1-3H3,(H,21,22). The number of fused-ring (bicyclic) bond motifs is 2. The molecule has 0 aromatic heterocycles. The van der Waals surface area contributed by atoms with E-state index < -0.39 is 0 Å². The van der Waals surface area contributed by atoms with Crippen LogP contribution in [0.4, 0.5) is 11.4 Å². The molecule has 2 amide bonds. The number of carbonyl (C=O) groups is 2. The van der Waals surface area contributed by atoms with Crippen LogP contribution >= 0.6 is 23.2 Å². The average molecular weight is 682 g/mol. The molecule has 0 unspecified atom stereocenters. The average Bonchev–Trinajstić information content (AvgIpc) is 3.80. The highest BCUT2D eigenvalue weighted by molar-refractivity contribution is 6.37. The van der Waals surface area contributed by atoms with E-state index in [-0.39, 0.29) is 11.8 Å². The predicted molar refractivity (Wildman–Crippen MR) is 197 cm³/mol. The van der Waals surface area contributed by atoms with Gasteiger partial charge in [0.15, 0.2) is 0 Å². The van der Waals surface area contributed by atoms with Gasteiger partial charge in [-0.1, -0.05) is 62.0 Å². The van der Waals surface area contributed by atoms with Gasteiger partial charge < -0.3 is 20.1 Å². The number of nitrogens with one attached hydrogen (secondary N) is 2. The van der Waals surface area contributed by atoms with Gasteiger partial charge in [-0.2, -0.15) is 0 Å². The monoisotopic (exact) mass is 680 g/mol. The van der Waals surface area contributed by atoms with Crippen molar-refractivity contribution in [1.29, 1.82) is 0 Å². The lowest BCUT2D eigenvalue weighted by atomic mass is 9.94. The lowest BCUT2D eigenvalue weighted by Gasteiger charge is -2.15. The molecule has 1 saturated carbocycles. The Balaban J connectivity index is 0.000000168. The number of hydrogen-bond acceptors (Lipinski definition) is 4. The van der Waals surface area contributed by atoms with Gasteiger partial charge in [0.1, 0.15) is 11.5 Å². The molecule has 1 aliphatic carbocycles. The Morgan fingerprint density at radius 2 is 1.19 bits per heavy atom. The van der Waals surface area contributed by atoms with Crippen LogP contribution in [0.1, 0.15) is 84.7 Å². The Labute approximate surface area is 291 Å². The molecule has 7 rings (SSSR count). The van der Waals surface area contributed by atoms with E-state index in [2.05, 4.69) is 36.6 Å². The third-order valence-corrected chi connectivity index (χ3v) is 9.55. The minimum absolute atomic E-state index is 0.0875. The van der Waals surface area contributed by atoms with Gasteiger partial charge in [-0.25, -0.2) is 0 Å². The first-order valence-electron chi connectivity index (χ1n) is 16.2. The van der Waals surface area contributed by atoms with Crippen LogP contribution in [0.2, 0.25) is 10.0 Å². The molecule has 0 radical (unpaired) electrons. The van der Waals surface area contributed by atoms with E-state index in [1.54, 1.807) is 26.4 Å². The maximum absolute atomic E-state index is 12.4. The van der Waals surface area contributed by atoms with Crippen LogP contribution < -0.4 is 20.1 Å². The Bertz CT molecular complexity index is 1960. The van der Waals surface area contributed by atoms with Crippen molar-refractivity contribution in [1.82, 2.24) is 0 Å². The molecule has 0 atom stereocenters. The number of halogens is 2. The quantitative estimate of drug-likeness (QED) is 0.199. The molecule has 2 heterocycles. The highest BCUT2D eigenvalue weighted by Crippen LogP contribution is 2.41. The number of carbonyl (C=O) groups excluding carboxylic acids is 2. The highest BCUT2D eigenvalue weighted by atomic mass is 35.5. The van der Waals surface area contributed by atoms with Crippen molar-refractivity contribution in [3.8, 4) is 11.5 Å². The molecule has 2 N–H and O–H groups in total. The number of anilines is 2. The number of hydrogen-bond donors (Lipinski definition) is 2. The highest BCUT2D eigenvalue weighted by Gasteiger charge is 2.26. The van der Waals surface area contributed by atoms with E-state index in [9.17, 15) is 9.59 Å². The Morgan fingerprint density at radius 3 is 1.69 bits per heavy atom. The molecule has 0 spiro atoms. The number of amides is 2. The van der Waals surface area contributed by atoms with E-state index in [4.69, 9.17) is 32.7 Å². The third kappa shape index (κ3) is 7.01. The Hall–Kier alpha value is -4.52. The van der Waals surface area contributed by atoms with E-state index in [0.717, 1.165) is 50.7 Å². The second-order valence-electron chi connectivity index (χ2n) is 12.5. The van der Waals surface area contributed by atoms with Crippen molar-refractivity contribution in [2.75, 3.05) is 24.9 Å². The lowest BCUT2D eigenvalue weighted by Crippen LogP contribution is -2.03. The van der Waals surface area contributed by atoms with Crippen molar-refractivity contribution in [2.45, 2.75) is 51.4 Å². The summed E-state index contributed by atoms with van der Waals surface area (Å²) in [5.74, 6) is 2.49.